The van der Waals surface area contributed by atoms with Gasteiger partial charge in [0.25, 0.3) is 0 Å². The number of carbonyl (C=O) groups is 1. The van der Waals surface area contributed by atoms with E-state index in [1.165, 1.54) is 58.3 Å². The number of carbonyl (C=O) groups excluding carboxylic acids is 1. The van der Waals surface area contributed by atoms with Gasteiger partial charge >= 0.3 is 5.97 Å². The van der Waals surface area contributed by atoms with E-state index in [0.717, 1.165) is 67.1 Å². The zero-order chi connectivity index (χ0) is 24.9. The van der Waals surface area contributed by atoms with Gasteiger partial charge in [-0.2, -0.15) is 0 Å². The summed E-state index contributed by atoms with van der Waals surface area (Å²) < 4.78 is 5.65. The summed E-state index contributed by atoms with van der Waals surface area (Å²) >= 11 is 7.49. The first-order chi connectivity index (χ1) is 15.9. The van der Waals surface area contributed by atoms with Crippen LogP contribution >= 0.6 is 11.6 Å². The van der Waals surface area contributed by atoms with Gasteiger partial charge in [0.2, 0.25) is 0 Å². The maximum absolute atomic E-state index is 11.6. The van der Waals surface area contributed by atoms with Crippen molar-refractivity contribution in [2.45, 2.75) is 136 Å². The first kappa shape index (κ1) is 26.8. The molecule has 3 heteroatoms. The van der Waals surface area contributed by atoms with Crippen LogP contribution in [0.4, 0.5) is 0 Å². The van der Waals surface area contributed by atoms with Crippen molar-refractivity contribution in [1.29, 1.82) is 0 Å². The Balaban J connectivity index is 1.46. The molecular formula is C31H53ClO2. The van der Waals surface area contributed by atoms with Crippen LogP contribution in [0, 0.1) is 52.3 Å². The van der Waals surface area contributed by atoms with E-state index in [9.17, 15) is 4.79 Å². The SMILES string of the molecule is CCC(CCC(C)C1CCC2C3CCC4(Cl)CC(OC(C)=O)CCC4(C)C3CCC12C)C(C)C. The highest BCUT2D eigenvalue weighted by atomic mass is 35.5. The normalized spacial score (nSPS) is 45.7. The van der Waals surface area contributed by atoms with Crippen molar-refractivity contribution in [2.75, 3.05) is 0 Å². The molecule has 0 heterocycles. The van der Waals surface area contributed by atoms with Crippen molar-refractivity contribution in [3.05, 3.63) is 0 Å². The van der Waals surface area contributed by atoms with E-state index in [1.54, 1.807) is 0 Å². The predicted octanol–water partition coefficient (Wildman–Crippen LogP) is 9.04. The van der Waals surface area contributed by atoms with Crippen LogP contribution in [0.5, 0.6) is 0 Å². The lowest BCUT2D eigenvalue weighted by Crippen LogP contribution is -2.60. The molecule has 4 aliphatic carbocycles. The second-order valence-electron chi connectivity index (χ2n) is 14.0. The first-order valence-electron chi connectivity index (χ1n) is 14.8. The van der Waals surface area contributed by atoms with Gasteiger partial charge in [-0.05, 0) is 110 Å². The molecule has 4 fully saturated rings. The number of hydrogen-bond donors (Lipinski definition) is 0. The average molecular weight is 493 g/mol. The van der Waals surface area contributed by atoms with E-state index in [4.69, 9.17) is 16.3 Å². The van der Waals surface area contributed by atoms with Crippen molar-refractivity contribution in [1.82, 2.24) is 0 Å². The summed E-state index contributed by atoms with van der Waals surface area (Å²) in [5.74, 6) is 5.78. The van der Waals surface area contributed by atoms with Gasteiger partial charge in [-0.15, -0.1) is 11.6 Å². The van der Waals surface area contributed by atoms with E-state index in [2.05, 4.69) is 41.5 Å². The predicted molar refractivity (Wildman–Crippen MR) is 143 cm³/mol. The number of fused-ring (bicyclic) bond motifs is 5. The molecule has 4 saturated carbocycles. The Kier molecular flexibility index (Phi) is 7.81. The van der Waals surface area contributed by atoms with E-state index < -0.39 is 0 Å². The summed E-state index contributed by atoms with van der Waals surface area (Å²) in [6, 6.07) is 0. The summed E-state index contributed by atoms with van der Waals surface area (Å²) in [5, 5.41) is 0. The molecular weight excluding hydrogens is 440 g/mol. The third kappa shape index (κ3) is 4.50. The second-order valence-corrected chi connectivity index (χ2v) is 14.7. The number of ether oxygens (including phenoxy) is 1. The highest BCUT2D eigenvalue weighted by Gasteiger charge is 2.64. The van der Waals surface area contributed by atoms with Gasteiger partial charge in [0.1, 0.15) is 6.10 Å². The van der Waals surface area contributed by atoms with Crippen molar-refractivity contribution in [3.63, 3.8) is 0 Å². The number of hydrogen-bond acceptors (Lipinski definition) is 2. The lowest BCUT2D eigenvalue weighted by atomic mass is 9.44. The Labute approximate surface area is 215 Å². The fourth-order valence-corrected chi connectivity index (χ4v) is 10.7. The lowest BCUT2D eigenvalue weighted by Gasteiger charge is -2.64. The van der Waals surface area contributed by atoms with Gasteiger partial charge in [0, 0.05) is 13.3 Å². The molecule has 0 aliphatic heterocycles. The molecule has 0 N–H and O–H groups in total. The van der Waals surface area contributed by atoms with E-state index >= 15 is 0 Å². The molecule has 0 bridgehead atoms. The van der Waals surface area contributed by atoms with Gasteiger partial charge in [-0.25, -0.2) is 0 Å². The standard InChI is InChI=1S/C31H53ClO2/c1-8-23(20(2)3)10-9-21(4)26-11-12-27-25-14-18-31(32)19-24(34-22(5)33)13-17-30(31,7)28(25)15-16-29(26,27)6/h20-21,23-28H,8-19H2,1-7H3. The smallest absolute Gasteiger partial charge is 0.302 e. The topological polar surface area (TPSA) is 26.3 Å². The average Bonchev–Trinajstić information content (AvgIpc) is 3.11. The van der Waals surface area contributed by atoms with Gasteiger partial charge in [-0.3, -0.25) is 4.79 Å². The highest BCUT2D eigenvalue weighted by molar-refractivity contribution is 6.24. The van der Waals surface area contributed by atoms with Crippen LogP contribution in [0.15, 0.2) is 0 Å². The van der Waals surface area contributed by atoms with Gasteiger partial charge < -0.3 is 4.74 Å². The van der Waals surface area contributed by atoms with E-state index in [-0.39, 0.29) is 22.4 Å². The van der Waals surface area contributed by atoms with Crippen molar-refractivity contribution < 1.29 is 9.53 Å². The van der Waals surface area contributed by atoms with Crippen LogP contribution in [0.25, 0.3) is 0 Å². The maximum Gasteiger partial charge on any atom is 0.302 e. The van der Waals surface area contributed by atoms with Gasteiger partial charge in [0.15, 0.2) is 0 Å². The van der Waals surface area contributed by atoms with E-state index in [0.29, 0.717) is 5.41 Å². The Hall–Kier alpha value is -0.240. The van der Waals surface area contributed by atoms with Gasteiger partial charge in [0.05, 0.1) is 4.87 Å². The van der Waals surface area contributed by atoms with E-state index in [1.807, 2.05) is 0 Å². The molecule has 196 valence electrons. The largest absolute Gasteiger partial charge is 0.462 e. The monoisotopic (exact) mass is 492 g/mol. The Morgan fingerprint density at radius 2 is 1.71 bits per heavy atom. The fraction of sp³-hybridized carbons (Fsp3) is 0.968. The molecule has 4 aliphatic rings. The fourth-order valence-electron chi connectivity index (χ4n) is 10.2. The second kappa shape index (κ2) is 9.90. The summed E-state index contributed by atoms with van der Waals surface area (Å²) in [6.45, 7) is 16.5. The Bertz CT molecular complexity index is 735. The quantitative estimate of drug-likeness (QED) is 0.261. The summed E-state index contributed by atoms with van der Waals surface area (Å²) in [4.78, 5) is 11.4. The zero-order valence-corrected chi connectivity index (χ0v) is 24.1. The molecule has 0 saturated heterocycles. The molecule has 10 atom stereocenters. The Morgan fingerprint density at radius 1 is 0.971 bits per heavy atom. The molecule has 0 spiro atoms. The van der Waals surface area contributed by atoms with Crippen molar-refractivity contribution in [3.8, 4) is 0 Å². The number of esters is 1. The van der Waals surface area contributed by atoms with Crippen LogP contribution < -0.4 is 0 Å². The van der Waals surface area contributed by atoms with Crippen LogP contribution in [0.2, 0.25) is 0 Å². The van der Waals surface area contributed by atoms with Gasteiger partial charge in [-0.1, -0.05) is 54.4 Å². The molecule has 0 amide bonds. The number of alkyl halides is 1. The minimum absolute atomic E-state index is 0.0166. The van der Waals surface area contributed by atoms with Crippen LogP contribution in [-0.4, -0.2) is 16.9 Å². The van der Waals surface area contributed by atoms with Crippen LogP contribution in [0.3, 0.4) is 0 Å². The molecule has 0 aromatic heterocycles. The molecule has 34 heavy (non-hydrogen) atoms. The number of rotatable bonds is 7. The molecule has 2 nitrogen and oxygen atoms in total. The minimum atomic E-state index is -0.197. The summed E-state index contributed by atoms with van der Waals surface area (Å²) in [7, 11) is 0. The van der Waals surface area contributed by atoms with Crippen LogP contribution in [0.1, 0.15) is 126 Å². The highest BCUT2D eigenvalue weighted by Crippen LogP contribution is 2.70. The third-order valence-electron chi connectivity index (χ3n) is 12.2. The van der Waals surface area contributed by atoms with Crippen molar-refractivity contribution in [2.24, 2.45) is 52.3 Å². The lowest BCUT2D eigenvalue weighted by molar-refractivity contribution is -0.157. The third-order valence-corrected chi connectivity index (χ3v) is 13.0. The molecule has 0 radical (unpaired) electrons. The van der Waals surface area contributed by atoms with Crippen LogP contribution in [-0.2, 0) is 9.53 Å². The molecule has 0 aromatic rings. The molecule has 4 rings (SSSR count). The minimum Gasteiger partial charge on any atom is -0.462 e. The molecule has 10 unspecified atom stereocenters. The summed E-state index contributed by atoms with van der Waals surface area (Å²) in [6.07, 6.45) is 15.1. The maximum atomic E-state index is 11.6. The first-order valence-corrected chi connectivity index (χ1v) is 15.2. The Morgan fingerprint density at radius 3 is 2.35 bits per heavy atom. The zero-order valence-electron chi connectivity index (χ0n) is 23.3. The molecule has 0 aromatic carbocycles. The number of halogens is 1. The van der Waals surface area contributed by atoms with Crippen molar-refractivity contribution >= 4 is 17.6 Å². The summed E-state index contributed by atoms with van der Waals surface area (Å²) in [5.41, 5.74) is 0.711.